The molecule has 2 aromatic rings. The van der Waals surface area contributed by atoms with Crippen LogP contribution in [-0.2, 0) is 23.7 Å². The van der Waals surface area contributed by atoms with Crippen LogP contribution in [0.4, 0.5) is 0 Å². The van der Waals surface area contributed by atoms with Crippen LogP contribution in [0.5, 0.6) is 0 Å². The van der Waals surface area contributed by atoms with Gasteiger partial charge in [0.2, 0.25) is 0 Å². The number of carbonyl (C=O) groups excluding carboxylic acids is 2. The third-order valence-corrected chi connectivity index (χ3v) is 5.06. The predicted octanol–water partition coefficient (Wildman–Crippen LogP) is 2.99. The van der Waals surface area contributed by atoms with Crippen molar-refractivity contribution < 1.29 is 33.3 Å². The summed E-state index contributed by atoms with van der Waals surface area (Å²) in [4.78, 5) is 25.0. The quantitative estimate of drug-likeness (QED) is 0.699. The Labute approximate surface area is 174 Å². The number of hydrogen-bond donors (Lipinski definition) is 0. The Hall–Kier alpha value is -2.74. The van der Waals surface area contributed by atoms with Gasteiger partial charge in [-0.2, -0.15) is 0 Å². The highest BCUT2D eigenvalue weighted by molar-refractivity contribution is 5.90. The molecule has 0 aromatic heterocycles. The summed E-state index contributed by atoms with van der Waals surface area (Å²) in [6.45, 7) is 3.81. The highest BCUT2D eigenvalue weighted by Gasteiger charge is 2.53. The maximum Gasteiger partial charge on any atom is 0.338 e. The minimum atomic E-state index is -0.836. The van der Waals surface area contributed by atoms with Crippen molar-refractivity contribution in [1.29, 1.82) is 0 Å². The molecule has 158 valence electrons. The summed E-state index contributed by atoms with van der Waals surface area (Å²) in [5.41, 5.74) is 0.860. The molecule has 0 radical (unpaired) electrons. The molecular formula is C23H24O7. The van der Waals surface area contributed by atoms with Crippen LogP contribution in [0.2, 0.25) is 0 Å². The monoisotopic (exact) mass is 412 g/mol. The Morgan fingerprint density at radius 2 is 1.57 bits per heavy atom. The highest BCUT2D eigenvalue weighted by atomic mass is 16.7. The Morgan fingerprint density at radius 3 is 2.20 bits per heavy atom. The molecule has 2 heterocycles. The average Bonchev–Trinajstić information content (AvgIpc) is 3.08. The van der Waals surface area contributed by atoms with Crippen molar-refractivity contribution in [1.82, 2.24) is 0 Å². The second-order valence-corrected chi connectivity index (χ2v) is 7.71. The predicted molar refractivity (Wildman–Crippen MR) is 106 cm³/mol. The van der Waals surface area contributed by atoms with E-state index >= 15 is 0 Å². The van der Waals surface area contributed by atoms with E-state index in [1.165, 1.54) is 0 Å². The van der Waals surface area contributed by atoms with Crippen LogP contribution in [0, 0.1) is 0 Å². The van der Waals surface area contributed by atoms with Gasteiger partial charge in [0.05, 0.1) is 17.7 Å². The standard InChI is InChI=1S/C23H24O7/c1-23(2)27-14-18-20(30-23)19(29-22(25)16-11-7-4-8-12-16)17(28-18)13-26-21(24)15-9-5-3-6-10-15/h3-12,17-20H,13-14H2,1-2H3/t17?,18-,19?,20+/m0/s1. The number of hydrogen-bond acceptors (Lipinski definition) is 7. The molecule has 4 rings (SSSR count). The van der Waals surface area contributed by atoms with E-state index in [2.05, 4.69) is 0 Å². The lowest BCUT2D eigenvalue weighted by atomic mass is 10.1. The molecule has 2 aromatic carbocycles. The fourth-order valence-electron chi connectivity index (χ4n) is 3.58. The molecule has 4 atom stereocenters. The van der Waals surface area contributed by atoms with Gasteiger partial charge in [-0.15, -0.1) is 0 Å². The van der Waals surface area contributed by atoms with Crippen molar-refractivity contribution in [3.8, 4) is 0 Å². The van der Waals surface area contributed by atoms with Crippen molar-refractivity contribution in [2.24, 2.45) is 0 Å². The maximum absolute atomic E-state index is 12.7. The van der Waals surface area contributed by atoms with Crippen LogP contribution in [0.15, 0.2) is 60.7 Å². The van der Waals surface area contributed by atoms with E-state index in [0.29, 0.717) is 17.7 Å². The lowest BCUT2D eigenvalue weighted by molar-refractivity contribution is -0.299. The minimum absolute atomic E-state index is 0.0722. The normalized spacial score (nSPS) is 27.1. The largest absolute Gasteiger partial charge is 0.459 e. The van der Waals surface area contributed by atoms with Gasteiger partial charge in [-0.3, -0.25) is 0 Å². The summed E-state index contributed by atoms with van der Waals surface area (Å²) in [6.07, 6.45) is -2.36. The highest BCUT2D eigenvalue weighted by Crippen LogP contribution is 2.35. The molecule has 2 saturated heterocycles. The molecule has 7 nitrogen and oxygen atoms in total. The molecule has 2 aliphatic heterocycles. The van der Waals surface area contributed by atoms with Gasteiger partial charge in [0, 0.05) is 0 Å². The Balaban J connectivity index is 1.49. The van der Waals surface area contributed by atoms with E-state index in [0.717, 1.165) is 0 Å². The van der Waals surface area contributed by atoms with Crippen molar-refractivity contribution in [2.75, 3.05) is 13.2 Å². The Morgan fingerprint density at radius 1 is 0.967 bits per heavy atom. The molecule has 2 unspecified atom stereocenters. The molecule has 0 bridgehead atoms. The number of rotatable bonds is 5. The van der Waals surface area contributed by atoms with Crippen LogP contribution in [0.3, 0.4) is 0 Å². The fourth-order valence-corrected chi connectivity index (χ4v) is 3.58. The van der Waals surface area contributed by atoms with Gasteiger partial charge in [-0.25, -0.2) is 9.59 Å². The van der Waals surface area contributed by atoms with Gasteiger partial charge in [0.15, 0.2) is 11.9 Å². The summed E-state index contributed by atoms with van der Waals surface area (Å²) in [7, 11) is 0. The Kier molecular flexibility index (Phi) is 5.85. The maximum atomic E-state index is 12.7. The second kappa shape index (κ2) is 8.55. The van der Waals surface area contributed by atoms with Crippen molar-refractivity contribution in [2.45, 2.75) is 44.1 Å². The zero-order valence-corrected chi connectivity index (χ0v) is 16.9. The average molecular weight is 412 g/mol. The second-order valence-electron chi connectivity index (χ2n) is 7.71. The summed E-state index contributed by atoms with van der Waals surface area (Å²) >= 11 is 0. The molecule has 7 heteroatoms. The first-order valence-electron chi connectivity index (χ1n) is 9.88. The number of carbonyl (C=O) groups is 2. The van der Waals surface area contributed by atoms with E-state index in [9.17, 15) is 9.59 Å². The lowest BCUT2D eigenvalue weighted by Crippen LogP contribution is -2.51. The van der Waals surface area contributed by atoms with Crippen molar-refractivity contribution in [3.05, 3.63) is 71.8 Å². The fraction of sp³-hybridized carbons (Fsp3) is 0.391. The SMILES string of the molecule is CC1(C)OC[C@@H]2OC(COC(=O)c3ccccc3)C(OC(=O)c3ccccc3)[C@@H]2O1. The number of benzene rings is 2. The van der Waals surface area contributed by atoms with E-state index in [-0.39, 0.29) is 6.61 Å². The van der Waals surface area contributed by atoms with Crippen molar-refractivity contribution >= 4 is 11.9 Å². The third kappa shape index (κ3) is 4.53. The van der Waals surface area contributed by atoms with Gasteiger partial charge >= 0.3 is 11.9 Å². The summed E-state index contributed by atoms with van der Waals surface area (Å²) in [6, 6.07) is 17.4. The van der Waals surface area contributed by atoms with E-state index in [1.807, 2.05) is 12.1 Å². The van der Waals surface area contributed by atoms with E-state index in [4.69, 9.17) is 23.7 Å². The first-order valence-corrected chi connectivity index (χ1v) is 9.88. The molecule has 2 aliphatic rings. The molecular weight excluding hydrogens is 388 g/mol. The number of ether oxygens (including phenoxy) is 5. The van der Waals surface area contributed by atoms with Crippen LogP contribution < -0.4 is 0 Å². The summed E-state index contributed by atoms with van der Waals surface area (Å²) in [5.74, 6) is -1.80. The smallest absolute Gasteiger partial charge is 0.338 e. The molecule has 0 aliphatic carbocycles. The molecule has 0 N–H and O–H groups in total. The van der Waals surface area contributed by atoms with Gasteiger partial charge < -0.3 is 23.7 Å². The molecule has 30 heavy (non-hydrogen) atoms. The first kappa shape index (κ1) is 20.5. The topological polar surface area (TPSA) is 80.3 Å². The number of fused-ring (bicyclic) bond motifs is 1. The number of esters is 2. The third-order valence-electron chi connectivity index (χ3n) is 5.06. The van der Waals surface area contributed by atoms with Crippen LogP contribution in [-0.4, -0.2) is 55.4 Å². The summed E-state index contributed by atoms with van der Waals surface area (Å²) < 4.78 is 28.9. The molecule has 0 spiro atoms. The van der Waals surface area contributed by atoms with Gasteiger partial charge in [0.1, 0.15) is 24.9 Å². The molecule has 0 saturated carbocycles. The summed E-state index contributed by atoms with van der Waals surface area (Å²) in [5, 5.41) is 0. The van der Waals surface area contributed by atoms with Crippen molar-refractivity contribution in [3.63, 3.8) is 0 Å². The first-order chi connectivity index (χ1) is 14.4. The Bertz CT molecular complexity index is 881. The van der Waals surface area contributed by atoms with Crippen LogP contribution in [0.1, 0.15) is 34.6 Å². The van der Waals surface area contributed by atoms with Crippen LogP contribution in [0.25, 0.3) is 0 Å². The zero-order chi connectivity index (χ0) is 21.1. The minimum Gasteiger partial charge on any atom is -0.459 e. The van der Waals surface area contributed by atoms with E-state index in [1.54, 1.807) is 62.4 Å². The molecule has 0 amide bonds. The van der Waals surface area contributed by atoms with Gasteiger partial charge in [-0.05, 0) is 38.1 Å². The van der Waals surface area contributed by atoms with E-state index < -0.39 is 42.1 Å². The molecule has 2 fully saturated rings. The van der Waals surface area contributed by atoms with Gasteiger partial charge in [-0.1, -0.05) is 36.4 Å². The van der Waals surface area contributed by atoms with Crippen LogP contribution >= 0.6 is 0 Å². The van der Waals surface area contributed by atoms with Gasteiger partial charge in [0.25, 0.3) is 0 Å². The lowest BCUT2D eigenvalue weighted by Gasteiger charge is -2.38. The zero-order valence-electron chi connectivity index (χ0n) is 16.9.